The first-order chi connectivity index (χ1) is 11.6. The number of likely N-dealkylation sites (tertiary alicyclic amines) is 1. The van der Waals surface area contributed by atoms with Crippen molar-refractivity contribution >= 4 is 21.8 Å². The zero-order valence-electron chi connectivity index (χ0n) is 14.1. The molecule has 0 bridgehead atoms. The third kappa shape index (κ3) is 3.39. The number of hydrogen-bond acceptors (Lipinski definition) is 3. The van der Waals surface area contributed by atoms with Gasteiger partial charge in [0, 0.05) is 17.6 Å². The molecule has 1 aliphatic rings. The summed E-state index contributed by atoms with van der Waals surface area (Å²) in [5, 5.41) is 7.68. The summed E-state index contributed by atoms with van der Waals surface area (Å²) in [5.41, 5.74) is 2.67. The van der Waals surface area contributed by atoms with Crippen molar-refractivity contribution in [3.63, 3.8) is 0 Å². The lowest BCUT2D eigenvalue weighted by atomic mass is 10.1. The summed E-state index contributed by atoms with van der Waals surface area (Å²) in [6.07, 6.45) is 3.55. The summed E-state index contributed by atoms with van der Waals surface area (Å²) in [5.74, 6) is 0.652. The van der Waals surface area contributed by atoms with Crippen molar-refractivity contribution in [3.8, 4) is 5.69 Å². The van der Waals surface area contributed by atoms with E-state index in [-0.39, 0.29) is 5.91 Å². The van der Waals surface area contributed by atoms with Crippen LogP contribution in [0.2, 0.25) is 0 Å². The van der Waals surface area contributed by atoms with Gasteiger partial charge in [-0.25, -0.2) is 4.68 Å². The highest BCUT2D eigenvalue weighted by Crippen LogP contribution is 2.22. The standard InChI is InChI=1S/C18H23BrN4O/c1-3-17-16(18(24)22-9-8-13(12-22)10-20-2)11-21-23(17)15-6-4-14(19)5-7-15/h4-7,11,13,20H,3,8-10,12H2,1-2H3. The highest BCUT2D eigenvalue weighted by molar-refractivity contribution is 9.10. The van der Waals surface area contributed by atoms with Gasteiger partial charge in [0.1, 0.15) is 0 Å². The maximum atomic E-state index is 12.9. The molecule has 0 saturated carbocycles. The molecule has 1 fully saturated rings. The maximum Gasteiger partial charge on any atom is 0.257 e. The molecule has 1 N–H and O–H groups in total. The Morgan fingerprint density at radius 2 is 2.12 bits per heavy atom. The zero-order valence-corrected chi connectivity index (χ0v) is 15.7. The Balaban J connectivity index is 1.84. The molecule has 0 spiro atoms. The second kappa shape index (κ2) is 7.49. The Kier molecular flexibility index (Phi) is 5.36. The van der Waals surface area contributed by atoms with E-state index in [1.807, 2.05) is 40.9 Å². The quantitative estimate of drug-likeness (QED) is 0.853. The molecule has 24 heavy (non-hydrogen) atoms. The number of carbonyl (C=O) groups is 1. The molecule has 3 rings (SSSR count). The minimum absolute atomic E-state index is 0.105. The first-order valence-electron chi connectivity index (χ1n) is 8.40. The molecule has 5 nitrogen and oxygen atoms in total. The summed E-state index contributed by atoms with van der Waals surface area (Å²) in [6.45, 7) is 4.68. The van der Waals surface area contributed by atoms with E-state index in [9.17, 15) is 4.79 Å². The van der Waals surface area contributed by atoms with Crippen molar-refractivity contribution in [1.29, 1.82) is 0 Å². The lowest BCUT2D eigenvalue weighted by Gasteiger charge is -2.17. The molecule has 1 saturated heterocycles. The number of carbonyl (C=O) groups excluding carboxylic acids is 1. The second-order valence-corrected chi connectivity index (χ2v) is 7.13. The molecule has 2 aromatic rings. The van der Waals surface area contributed by atoms with Crippen LogP contribution in [0.15, 0.2) is 34.9 Å². The lowest BCUT2D eigenvalue weighted by molar-refractivity contribution is 0.0786. The number of nitrogens with zero attached hydrogens (tertiary/aromatic N) is 3. The fourth-order valence-electron chi connectivity index (χ4n) is 3.34. The monoisotopic (exact) mass is 390 g/mol. The number of halogens is 1. The van der Waals surface area contributed by atoms with Crippen molar-refractivity contribution in [2.45, 2.75) is 19.8 Å². The largest absolute Gasteiger partial charge is 0.338 e. The average Bonchev–Trinajstić information content (AvgIpc) is 3.22. The average molecular weight is 391 g/mol. The summed E-state index contributed by atoms with van der Waals surface area (Å²) in [7, 11) is 1.96. The summed E-state index contributed by atoms with van der Waals surface area (Å²) >= 11 is 3.45. The van der Waals surface area contributed by atoms with Gasteiger partial charge >= 0.3 is 0 Å². The molecular formula is C18H23BrN4O. The first-order valence-corrected chi connectivity index (χ1v) is 9.20. The van der Waals surface area contributed by atoms with Crippen molar-refractivity contribution in [2.24, 2.45) is 5.92 Å². The Hall–Kier alpha value is -1.66. The molecule has 1 atom stereocenters. The van der Waals surface area contributed by atoms with Crippen LogP contribution in [0.4, 0.5) is 0 Å². The van der Waals surface area contributed by atoms with E-state index in [0.717, 1.165) is 53.9 Å². The Bertz CT molecular complexity index is 710. The van der Waals surface area contributed by atoms with Crippen molar-refractivity contribution in [3.05, 3.63) is 46.2 Å². The van der Waals surface area contributed by atoms with Gasteiger partial charge in [0.2, 0.25) is 0 Å². The van der Waals surface area contributed by atoms with Crippen LogP contribution < -0.4 is 5.32 Å². The molecule has 1 aromatic heterocycles. The van der Waals surface area contributed by atoms with Gasteiger partial charge in [-0.05, 0) is 56.6 Å². The molecule has 0 radical (unpaired) electrons. The van der Waals surface area contributed by atoms with Gasteiger partial charge in [0.05, 0.1) is 23.1 Å². The fraction of sp³-hybridized carbons (Fsp3) is 0.444. The topological polar surface area (TPSA) is 50.2 Å². The van der Waals surface area contributed by atoms with Crippen molar-refractivity contribution < 1.29 is 4.79 Å². The Morgan fingerprint density at radius 3 is 2.79 bits per heavy atom. The van der Waals surface area contributed by atoms with Gasteiger partial charge in [-0.1, -0.05) is 22.9 Å². The Morgan fingerprint density at radius 1 is 1.38 bits per heavy atom. The highest BCUT2D eigenvalue weighted by Gasteiger charge is 2.29. The van der Waals surface area contributed by atoms with E-state index in [0.29, 0.717) is 5.92 Å². The first kappa shape index (κ1) is 17.2. The molecule has 128 valence electrons. The number of nitrogens with one attached hydrogen (secondary N) is 1. The zero-order chi connectivity index (χ0) is 17.1. The van der Waals surface area contributed by atoms with Crippen LogP contribution in [0.25, 0.3) is 5.69 Å². The van der Waals surface area contributed by atoms with Crippen LogP contribution >= 0.6 is 15.9 Å². The molecule has 1 unspecified atom stereocenters. The third-order valence-electron chi connectivity index (χ3n) is 4.57. The van der Waals surface area contributed by atoms with E-state index in [2.05, 4.69) is 33.3 Å². The number of benzene rings is 1. The van der Waals surface area contributed by atoms with E-state index < -0.39 is 0 Å². The smallest absolute Gasteiger partial charge is 0.257 e. The van der Waals surface area contributed by atoms with Crippen LogP contribution in [0.3, 0.4) is 0 Å². The predicted octanol–water partition coefficient (Wildman–Crippen LogP) is 2.88. The molecule has 2 heterocycles. The summed E-state index contributed by atoms with van der Waals surface area (Å²) < 4.78 is 2.90. The SMILES string of the molecule is CCc1c(C(=O)N2CCC(CNC)C2)cnn1-c1ccc(Br)cc1. The summed E-state index contributed by atoms with van der Waals surface area (Å²) in [6, 6.07) is 7.98. The number of aromatic nitrogens is 2. The normalized spacial score (nSPS) is 17.5. The minimum Gasteiger partial charge on any atom is -0.338 e. The van der Waals surface area contributed by atoms with Crippen LogP contribution in [-0.2, 0) is 6.42 Å². The van der Waals surface area contributed by atoms with Gasteiger partial charge in [-0.3, -0.25) is 4.79 Å². The molecule has 0 aliphatic carbocycles. The van der Waals surface area contributed by atoms with E-state index in [1.165, 1.54) is 0 Å². The van der Waals surface area contributed by atoms with Crippen LogP contribution in [-0.4, -0.2) is 47.3 Å². The minimum atomic E-state index is 0.105. The molecule has 1 amide bonds. The second-order valence-electron chi connectivity index (χ2n) is 6.21. The van der Waals surface area contributed by atoms with E-state index >= 15 is 0 Å². The maximum absolute atomic E-state index is 12.9. The van der Waals surface area contributed by atoms with Crippen molar-refractivity contribution in [2.75, 3.05) is 26.7 Å². The molecule has 1 aliphatic heterocycles. The van der Waals surface area contributed by atoms with Gasteiger partial charge in [-0.2, -0.15) is 5.10 Å². The molecule has 6 heteroatoms. The number of amides is 1. The van der Waals surface area contributed by atoms with E-state index in [4.69, 9.17) is 0 Å². The Labute approximate surface area is 151 Å². The lowest BCUT2D eigenvalue weighted by Crippen LogP contribution is -2.30. The molecular weight excluding hydrogens is 368 g/mol. The van der Waals surface area contributed by atoms with Gasteiger partial charge < -0.3 is 10.2 Å². The van der Waals surface area contributed by atoms with E-state index in [1.54, 1.807) is 6.20 Å². The van der Waals surface area contributed by atoms with Crippen molar-refractivity contribution in [1.82, 2.24) is 20.0 Å². The summed E-state index contributed by atoms with van der Waals surface area (Å²) in [4.78, 5) is 14.9. The van der Waals surface area contributed by atoms with Crippen LogP contribution in [0.1, 0.15) is 29.4 Å². The predicted molar refractivity (Wildman–Crippen MR) is 98.6 cm³/mol. The fourth-order valence-corrected chi connectivity index (χ4v) is 3.60. The van der Waals surface area contributed by atoms with Crippen LogP contribution in [0, 0.1) is 5.92 Å². The number of hydrogen-bond donors (Lipinski definition) is 1. The third-order valence-corrected chi connectivity index (χ3v) is 5.10. The van der Waals surface area contributed by atoms with Gasteiger partial charge in [0.25, 0.3) is 5.91 Å². The van der Waals surface area contributed by atoms with Gasteiger partial charge in [0.15, 0.2) is 0 Å². The highest BCUT2D eigenvalue weighted by atomic mass is 79.9. The van der Waals surface area contributed by atoms with Gasteiger partial charge in [-0.15, -0.1) is 0 Å². The number of rotatable bonds is 5. The van der Waals surface area contributed by atoms with Crippen LogP contribution in [0.5, 0.6) is 0 Å². The molecule has 1 aromatic carbocycles.